The summed E-state index contributed by atoms with van der Waals surface area (Å²) in [4.78, 5) is 25.0. The van der Waals surface area contributed by atoms with Crippen molar-refractivity contribution in [3.8, 4) is 5.75 Å². The summed E-state index contributed by atoms with van der Waals surface area (Å²) in [5.74, 6) is 0.538. The lowest BCUT2D eigenvalue weighted by Crippen LogP contribution is -2.40. The quantitative estimate of drug-likeness (QED) is 0.691. The lowest BCUT2D eigenvalue weighted by molar-refractivity contribution is 0.0890. The molecule has 1 aliphatic carbocycles. The first-order valence-electron chi connectivity index (χ1n) is 9.08. The van der Waals surface area contributed by atoms with Crippen LogP contribution in [-0.2, 0) is 0 Å². The first-order valence-corrected chi connectivity index (χ1v) is 9.08. The molecule has 0 aliphatic heterocycles. The number of hydrogen-bond donors (Lipinski definition) is 2. The zero-order valence-electron chi connectivity index (χ0n) is 14.8. The van der Waals surface area contributed by atoms with E-state index in [9.17, 15) is 4.79 Å². The summed E-state index contributed by atoms with van der Waals surface area (Å²) >= 11 is 0. The number of anilines is 1. The first-order chi connectivity index (χ1) is 13.2. The molecule has 138 valence electrons. The number of aromatic nitrogens is 3. The fourth-order valence-electron chi connectivity index (χ4n) is 3.41. The van der Waals surface area contributed by atoms with Crippen LogP contribution in [0.3, 0.4) is 0 Å². The molecule has 3 N–H and O–H groups in total. The molecule has 1 aliphatic rings. The maximum absolute atomic E-state index is 12.2. The minimum atomic E-state index is -0.128. The van der Waals surface area contributed by atoms with E-state index in [1.165, 1.54) is 0 Å². The van der Waals surface area contributed by atoms with Crippen LogP contribution in [-0.4, -0.2) is 33.0 Å². The first kappa shape index (κ1) is 17.2. The Balaban J connectivity index is 1.37. The molecule has 0 spiro atoms. The van der Waals surface area contributed by atoms with Gasteiger partial charge in [0.2, 0.25) is 0 Å². The minimum absolute atomic E-state index is 0.0695. The third kappa shape index (κ3) is 3.97. The number of carbonyl (C=O) groups is 1. The smallest absolute Gasteiger partial charge is 0.270 e. The molecule has 2 heterocycles. The zero-order chi connectivity index (χ0) is 18.6. The monoisotopic (exact) mass is 363 g/mol. The van der Waals surface area contributed by atoms with E-state index in [1.807, 2.05) is 6.07 Å². The maximum Gasteiger partial charge on any atom is 0.270 e. The van der Waals surface area contributed by atoms with Crippen LogP contribution in [0.4, 0.5) is 5.69 Å². The predicted octanol–water partition coefficient (Wildman–Crippen LogP) is 2.73. The van der Waals surface area contributed by atoms with Crippen LogP contribution in [0.5, 0.6) is 5.75 Å². The van der Waals surface area contributed by atoms with Gasteiger partial charge in [-0.1, -0.05) is 6.07 Å². The van der Waals surface area contributed by atoms with Crippen LogP contribution in [0.25, 0.3) is 11.0 Å². The van der Waals surface area contributed by atoms with Crippen molar-refractivity contribution in [1.29, 1.82) is 0 Å². The molecule has 7 heteroatoms. The number of nitrogens with one attached hydrogen (secondary N) is 1. The highest BCUT2D eigenvalue weighted by Crippen LogP contribution is 2.30. The van der Waals surface area contributed by atoms with Crippen molar-refractivity contribution in [1.82, 2.24) is 20.3 Å². The fourth-order valence-corrected chi connectivity index (χ4v) is 3.41. The number of ether oxygens (including phenoxy) is 1. The van der Waals surface area contributed by atoms with Gasteiger partial charge in [0.25, 0.3) is 5.91 Å². The third-order valence-corrected chi connectivity index (χ3v) is 4.76. The van der Waals surface area contributed by atoms with Crippen molar-refractivity contribution < 1.29 is 9.53 Å². The van der Waals surface area contributed by atoms with Crippen molar-refractivity contribution in [3.05, 3.63) is 54.6 Å². The van der Waals surface area contributed by atoms with Crippen molar-refractivity contribution in [2.75, 3.05) is 5.73 Å². The number of benzene rings is 1. The lowest BCUT2D eigenvalue weighted by atomic mass is 9.92. The summed E-state index contributed by atoms with van der Waals surface area (Å²) in [5.41, 5.74) is 8.46. The molecule has 4 rings (SSSR count). The predicted molar refractivity (Wildman–Crippen MR) is 102 cm³/mol. The molecule has 1 fully saturated rings. The second kappa shape index (κ2) is 7.57. The van der Waals surface area contributed by atoms with Gasteiger partial charge in [-0.15, -0.1) is 0 Å². The largest absolute Gasteiger partial charge is 0.488 e. The van der Waals surface area contributed by atoms with Gasteiger partial charge in [-0.25, -0.2) is 4.98 Å². The van der Waals surface area contributed by atoms with Crippen molar-refractivity contribution in [2.45, 2.75) is 37.8 Å². The molecular formula is C20H21N5O2. The van der Waals surface area contributed by atoms with E-state index in [2.05, 4.69) is 20.3 Å². The van der Waals surface area contributed by atoms with Crippen LogP contribution >= 0.6 is 0 Å². The second-order valence-electron chi connectivity index (χ2n) is 6.72. The molecule has 0 saturated heterocycles. The van der Waals surface area contributed by atoms with Crippen molar-refractivity contribution in [2.24, 2.45) is 0 Å². The number of nitrogens with two attached hydrogens (primary N) is 1. The molecule has 7 nitrogen and oxygen atoms in total. The van der Waals surface area contributed by atoms with Gasteiger partial charge in [0.1, 0.15) is 17.0 Å². The highest BCUT2D eigenvalue weighted by atomic mass is 16.5. The molecule has 1 aromatic carbocycles. The Labute approximate surface area is 157 Å². The van der Waals surface area contributed by atoms with Gasteiger partial charge in [-0.3, -0.25) is 14.8 Å². The van der Waals surface area contributed by atoms with E-state index in [0.29, 0.717) is 17.1 Å². The lowest BCUT2D eigenvalue weighted by Gasteiger charge is -2.29. The fraction of sp³-hybridized carbons (Fsp3) is 0.300. The Bertz CT molecular complexity index is 940. The summed E-state index contributed by atoms with van der Waals surface area (Å²) in [6.07, 6.45) is 8.40. The molecular weight excluding hydrogens is 342 g/mol. The number of carbonyl (C=O) groups excluding carboxylic acids is 1. The summed E-state index contributed by atoms with van der Waals surface area (Å²) in [5, 5.41) is 3.06. The van der Waals surface area contributed by atoms with E-state index >= 15 is 0 Å². The van der Waals surface area contributed by atoms with Gasteiger partial charge in [0.05, 0.1) is 11.6 Å². The van der Waals surface area contributed by atoms with Gasteiger partial charge in [-0.05, 0) is 43.9 Å². The number of nitrogens with zero attached hydrogens (tertiary/aromatic N) is 3. The molecule has 0 atom stereocenters. The number of pyridine rings is 1. The van der Waals surface area contributed by atoms with Crippen LogP contribution < -0.4 is 15.8 Å². The number of amides is 1. The van der Waals surface area contributed by atoms with E-state index in [0.717, 1.165) is 36.7 Å². The molecule has 1 saturated carbocycles. The molecule has 0 bridgehead atoms. The Morgan fingerprint density at radius 1 is 1.04 bits per heavy atom. The molecule has 0 radical (unpaired) electrons. The van der Waals surface area contributed by atoms with Gasteiger partial charge < -0.3 is 15.8 Å². The van der Waals surface area contributed by atoms with Crippen LogP contribution in [0.2, 0.25) is 0 Å². The Hall–Kier alpha value is -3.22. The van der Waals surface area contributed by atoms with Crippen LogP contribution in [0.1, 0.15) is 36.2 Å². The Morgan fingerprint density at radius 3 is 2.63 bits per heavy atom. The van der Waals surface area contributed by atoms with Crippen LogP contribution in [0, 0.1) is 0 Å². The molecule has 0 unspecified atom stereocenters. The SMILES string of the molecule is Nc1cc(OC2CCC(NC(=O)c3ccccn3)CC2)c2nccnc2c1. The van der Waals surface area contributed by atoms with Gasteiger partial charge >= 0.3 is 0 Å². The average molecular weight is 363 g/mol. The highest BCUT2D eigenvalue weighted by molar-refractivity contribution is 5.92. The van der Waals surface area contributed by atoms with E-state index < -0.39 is 0 Å². The molecule has 27 heavy (non-hydrogen) atoms. The summed E-state index contributed by atoms with van der Waals surface area (Å²) < 4.78 is 6.18. The van der Waals surface area contributed by atoms with Gasteiger partial charge in [-0.2, -0.15) is 0 Å². The topological polar surface area (TPSA) is 103 Å². The minimum Gasteiger partial charge on any atom is -0.488 e. The summed E-state index contributed by atoms with van der Waals surface area (Å²) in [6.45, 7) is 0. The zero-order valence-corrected chi connectivity index (χ0v) is 14.8. The Morgan fingerprint density at radius 2 is 1.85 bits per heavy atom. The number of fused-ring (bicyclic) bond motifs is 1. The summed E-state index contributed by atoms with van der Waals surface area (Å²) in [7, 11) is 0. The average Bonchev–Trinajstić information content (AvgIpc) is 2.70. The number of nitrogen functional groups attached to an aromatic ring is 1. The normalized spacial score (nSPS) is 19.6. The second-order valence-corrected chi connectivity index (χ2v) is 6.72. The highest BCUT2D eigenvalue weighted by Gasteiger charge is 2.25. The van der Waals surface area contributed by atoms with E-state index in [4.69, 9.17) is 10.5 Å². The summed E-state index contributed by atoms with van der Waals surface area (Å²) in [6, 6.07) is 9.05. The van der Waals surface area contributed by atoms with Crippen LogP contribution in [0.15, 0.2) is 48.9 Å². The number of rotatable bonds is 4. The molecule has 2 aromatic heterocycles. The molecule has 1 amide bonds. The van der Waals surface area contributed by atoms with E-state index in [-0.39, 0.29) is 18.1 Å². The van der Waals surface area contributed by atoms with Crippen molar-refractivity contribution >= 4 is 22.6 Å². The third-order valence-electron chi connectivity index (χ3n) is 4.76. The maximum atomic E-state index is 12.2. The van der Waals surface area contributed by atoms with E-state index in [1.54, 1.807) is 42.9 Å². The van der Waals surface area contributed by atoms with Crippen molar-refractivity contribution in [3.63, 3.8) is 0 Å². The Kier molecular flexibility index (Phi) is 4.82. The number of hydrogen-bond acceptors (Lipinski definition) is 6. The van der Waals surface area contributed by atoms with Gasteiger partial charge in [0, 0.05) is 36.4 Å². The molecule has 3 aromatic rings. The van der Waals surface area contributed by atoms with Gasteiger partial charge in [0.15, 0.2) is 0 Å². The standard InChI is InChI=1S/C20H21N5O2/c21-13-11-17-19(24-10-9-23-17)18(12-13)27-15-6-4-14(5-7-15)25-20(26)16-3-1-2-8-22-16/h1-3,8-12,14-15H,4-7,21H2,(H,25,26).